The number of hydrogen-bond donors (Lipinski definition) is 0. The molecule has 0 aromatic heterocycles. The highest BCUT2D eigenvalue weighted by atomic mass is 127. The van der Waals surface area contributed by atoms with E-state index in [0.29, 0.717) is 6.42 Å². The minimum atomic E-state index is -1.75. The Balaban J connectivity index is 3.94. The van der Waals surface area contributed by atoms with Crippen molar-refractivity contribution in [1.82, 2.24) is 0 Å². The lowest BCUT2D eigenvalue weighted by Crippen LogP contribution is -2.17. The van der Waals surface area contributed by atoms with Crippen LogP contribution in [-0.2, 0) is 9.53 Å². The highest BCUT2D eigenvalue weighted by Gasteiger charge is 2.19. The van der Waals surface area contributed by atoms with Crippen molar-refractivity contribution in [3.05, 3.63) is 9.66 Å². The minimum Gasteiger partial charge on any atom is -0.457 e. The van der Waals surface area contributed by atoms with Gasteiger partial charge in [-0.2, -0.15) is 8.78 Å². The van der Waals surface area contributed by atoms with E-state index < -0.39 is 18.2 Å². The summed E-state index contributed by atoms with van der Waals surface area (Å²) < 4.78 is 29.8. The minimum absolute atomic E-state index is 0.154. The van der Waals surface area contributed by atoms with E-state index >= 15 is 0 Å². The Bertz CT molecular complexity index is 289. The predicted molar refractivity (Wildman–Crippen MR) is 81.4 cm³/mol. The van der Waals surface area contributed by atoms with E-state index in [1.54, 1.807) is 22.6 Å². The van der Waals surface area contributed by atoms with Crippen LogP contribution in [0.1, 0.15) is 65.2 Å². The maximum Gasteiger partial charge on any atom is 0.303 e. The highest BCUT2D eigenvalue weighted by Crippen LogP contribution is 2.26. The summed E-state index contributed by atoms with van der Waals surface area (Å²) in [6.07, 6.45) is 5.76. The first kappa shape index (κ1) is 18.8. The first-order chi connectivity index (χ1) is 8.99. The quantitative estimate of drug-likeness (QED) is 0.277. The lowest BCUT2D eigenvalue weighted by atomic mass is 10.1. The number of hydrogen-bond acceptors (Lipinski definition) is 2. The normalized spacial score (nSPS) is 12.1. The summed E-state index contributed by atoms with van der Waals surface area (Å²) in [5.74, 6) is -0.511. The van der Waals surface area contributed by atoms with E-state index in [-0.39, 0.29) is 3.58 Å². The maximum atomic E-state index is 12.5. The lowest BCUT2D eigenvalue weighted by Gasteiger charge is -2.15. The second-order valence-corrected chi connectivity index (χ2v) is 5.78. The molecule has 0 aromatic rings. The van der Waals surface area contributed by atoms with Crippen LogP contribution in [0.3, 0.4) is 0 Å². The van der Waals surface area contributed by atoms with Crippen LogP contribution in [0.2, 0.25) is 0 Å². The summed E-state index contributed by atoms with van der Waals surface area (Å²) >= 11 is 1.56. The van der Waals surface area contributed by atoms with Crippen LogP contribution in [0, 0.1) is 0 Å². The van der Waals surface area contributed by atoms with Gasteiger partial charge in [-0.15, -0.1) is 0 Å². The summed E-state index contributed by atoms with van der Waals surface area (Å²) in [4.78, 5) is 10.9. The summed E-state index contributed by atoms with van der Waals surface area (Å²) in [5, 5.41) is 0. The fourth-order valence-corrected chi connectivity index (χ4v) is 2.28. The molecule has 0 aromatic carbocycles. The van der Waals surface area contributed by atoms with Gasteiger partial charge >= 0.3 is 5.97 Å². The second kappa shape index (κ2) is 11.6. The van der Waals surface area contributed by atoms with Crippen LogP contribution in [0.15, 0.2) is 9.66 Å². The molecule has 0 radical (unpaired) electrons. The number of halogens is 3. The van der Waals surface area contributed by atoms with Crippen LogP contribution >= 0.6 is 22.6 Å². The smallest absolute Gasteiger partial charge is 0.303 e. The molecule has 0 fully saturated rings. The second-order valence-electron chi connectivity index (χ2n) is 4.62. The van der Waals surface area contributed by atoms with Gasteiger partial charge in [0.2, 0.25) is 0 Å². The molecular formula is C14H23F2IO2. The molecule has 112 valence electrons. The average molecular weight is 388 g/mol. The van der Waals surface area contributed by atoms with Gasteiger partial charge in [0.05, 0.1) is 3.58 Å². The van der Waals surface area contributed by atoms with Gasteiger partial charge in [0, 0.05) is 6.92 Å². The van der Waals surface area contributed by atoms with Gasteiger partial charge in [0.25, 0.3) is 6.08 Å². The Morgan fingerprint density at radius 2 is 1.63 bits per heavy atom. The molecule has 0 rings (SSSR count). The molecule has 0 N–H and O–H groups in total. The molecule has 0 amide bonds. The SMILES string of the molecule is CCCCCCCCCC(OC(C)=O)C(I)=C(F)F. The number of unbranched alkanes of at least 4 members (excludes halogenated alkanes) is 6. The Kier molecular flexibility index (Phi) is 11.5. The Morgan fingerprint density at radius 3 is 2.11 bits per heavy atom. The topological polar surface area (TPSA) is 26.3 Å². The van der Waals surface area contributed by atoms with Gasteiger partial charge in [-0.3, -0.25) is 4.79 Å². The molecule has 0 aliphatic carbocycles. The number of carbonyl (C=O) groups excluding carboxylic acids is 1. The van der Waals surface area contributed by atoms with Gasteiger partial charge in [0.1, 0.15) is 6.10 Å². The number of ether oxygens (including phenoxy) is 1. The Labute approximate surface area is 128 Å². The molecule has 0 saturated carbocycles. The first-order valence-electron chi connectivity index (χ1n) is 6.86. The van der Waals surface area contributed by atoms with E-state index in [0.717, 1.165) is 19.3 Å². The fourth-order valence-electron chi connectivity index (χ4n) is 1.85. The molecule has 0 aliphatic rings. The third-order valence-electron chi connectivity index (χ3n) is 2.84. The van der Waals surface area contributed by atoms with E-state index in [9.17, 15) is 13.6 Å². The van der Waals surface area contributed by atoms with Crippen molar-refractivity contribution in [1.29, 1.82) is 0 Å². The van der Waals surface area contributed by atoms with E-state index in [4.69, 9.17) is 4.74 Å². The summed E-state index contributed by atoms with van der Waals surface area (Å²) in [6.45, 7) is 3.42. The van der Waals surface area contributed by atoms with E-state index in [2.05, 4.69) is 6.92 Å². The standard InChI is InChI=1S/C14H23F2IO2/c1-3-4-5-6-7-8-9-10-12(19-11(2)18)13(17)14(15)16/h12H,3-10H2,1-2H3. The summed E-state index contributed by atoms with van der Waals surface area (Å²) in [6, 6.07) is 0. The number of carbonyl (C=O) groups is 1. The molecule has 0 saturated heterocycles. The summed E-state index contributed by atoms with van der Waals surface area (Å²) in [7, 11) is 0. The third kappa shape index (κ3) is 10.3. The first-order valence-corrected chi connectivity index (χ1v) is 7.94. The lowest BCUT2D eigenvalue weighted by molar-refractivity contribution is -0.144. The van der Waals surface area contributed by atoms with Crippen LogP contribution in [0.5, 0.6) is 0 Å². The van der Waals surface area contributed by atoms with E-state index in [1.807, 2.05) is 0 Å². The van der Waals surface area contributed by atoms with Crippen LogP contribution in [0.25, 0.3) is 0 Å². The van der Waals surface area contributed by atoms with Crippen molar-refractivity contribution >= 4 is 28.6 Å². The van der Waals surface area contributed by atoms with Gasteiger partial charge in [0.15, 0.2) is 0 Å². The number of rotatable bonds is 10. The third-order valence-corrected chi connectivity index (χ3v) is 3.94. The van der Waals surface area contributed by atoms with Crippen molar-refractivity contribution < 1.29 is 18.3 Å². The summed E-state index contributed by atoms with van der Waals surface area (Å²) in [5.41, 5.74) is 0. The van der Waals surface area contributed by atoms with Gasteiger partial charge in [-0.05, 0) is 35.4 Å². The molecule has 1 unspecified atom stereocenters. The molecule has 0 aliphatic heterocycles. The van der Waals surface area contributed by atoms with Crippen molar-refractivity contribution in [3.63, 3.8) is 0 Å². The number of esters is 1. The monoisotopic (exact) mass is 388 g/mol. The average Bonchev–Trinajstić information content (AvgIpc) is 2.34. The molecule has 0 bridgehead atoms. The molecular weight excluding hydrogens is 365 g/mol. The van der Waals surface area contributed by atoms with E-state index in [1.165, 1.54) is 32.6 Å². The van der Waals surface area contributed by atoms with Gasteiger partial charge in [-0.1, -0.05) is 45.4 Å². The van der Waals surface area contributed by atoms with Crippen molar-refractivity contribution in [2.45, 2.75) is 71.3 Å². The zero-order valence-electron chi connectivity index (χ0n) is 11.7. The van der Waals surface area contributed by atoms with Crippen LogP contribution < -0.4 is 0 Å². The van der Waals surface area contributed by atoms with Crippen molar-refractivity contribution in [2.75, 3.05) is 0 Å². The predicted octanol–water partition coefficient (Wildman–Crippen LogP) is 5.60. The molecule has 19 heavy (non-hydrogen) atoms. The highest BCUT2D eigenvalue weighted by molar-refractivity contribution is 14.1. The van der Waals surface area contributed by atoms with Crippen LogP contribution in [-0.4, -0.2) is 12.1 Å². The van der Waals surface area contributed by atoms with Crippen molar-refractivity contribution in [2.24, 2.45) is 0 Å². The molecule has 5 heteroatoms. The fraction of sp³-hybridized carbons (Fsp3) is 0.786. The Hall–Kier alpha value is -0.200. The van der Waals surface area contributed by atoms with Crippen LogP contribution in [0.4, 0.5) is 8.78 Å². The zero-order valence-corrected chi connectivity index (χ0v) is 13.8. The molecule has 0 heterocycles. The zero-order chi connectivity index (χ0) is 14.7. The van der Waals surface area contributed by atoms with Gasteiger partial charge < -0.3 is 4.74 Å². The van der Waals surface area contributed by atoms with Gasteiger partial charge in [-0.25, -0.2) is 0 Å². The largest absolute Gasteiger partial charge is 0.457 e. The molecule has 1 atom stereocenters. The molecule has 0 spiro atoms. The molecule has 2 nitrogen and oxygen atoms in total. The maximum absolute atomic E-state index is 12.5. The Morgan fingerprint density at radius 1 is 1.11 bits per heavy atom. The van der Waals surface area contributed by atoms with Crippen molar-refractivity contribution in [3.8, 4) is 0 Å².